The van der Waals surface area contributed by atoms with Gasteiger partial charge in [0.2, 0.25) is 5.91 Å². The molecule has 7 heteroatoms. The molecule has 0 saturated heterocycles. The predicted molar refractivity (Wildman–Crippen MR) is 104 cm³/mol. The Balaban J connectivity index is 1.58. The number of methoxy groups -OCH3 is 1. The molecule has 6 nitrogen and oxygen atoms in total. The van der Waals surface area contributed by atoms with Crippen LogP contribution in [0, 0.1) is 0 Å². The Morgan fingerprint density at radius 3 is 2.63 bits per heavy atom. The molecule has 0 bridgehead atoms. The topological polar surface area (TPSA) is 80.3 Å². The number of ether oxygens (including phenoxy) is 1. The lowest BCUT2D eigenvalue weighted by Crippen LogP contribution is -2.36. The zero-order chi connectivity index (χ0) is 19.2. The summed E-state index contributed by atoms with van der Waals surface area (Å²) in [4.78, 5) is 28.7. The summed E-state index contributed by atoms with van der Waals surface area (Å²) in [5.41, 5.74) is 1.81. The molecule has 0 aliphatic rings. The number of hydrogen-bond donors (Lipinski definition) is 2. The van der Waals surface area contributed by atoms with Gasteiger partial charge in [0.15, 0.2) is 0 Å². The van der Waals surface area contributed by atoms with Crippen LogP contribution in [0.2, 0.25) is 5.02 Å². The van der Waals surface area contributed by atoms with E-state index < -0.39 is 5.91 Å². The van der Waals surface area contributed by atoms with Gasteiger partial charge in [-0.2, -0.15) is 0 Å². The van der Waals surface area contributed by atoms with Gasteiger partial charge in [-0.05, 0) is 35.9 Å². The molecule has 0 spiro atoms. The summed E-state index contributed by atoms with van der Waals surface area (Å²) in [7, 11) is 1.60. The van der Waals surface area contributed by atoms with Gasteiger partial charge < -0.3 is 15.4 Å². The number of hydrogen-bond acceptors (Lipinski definition) is 4. The van der Waals surface area contributed by atoms with Crippen LogP contribution in [0.1, 0.15) is 15.9 Å². The molecule has 27 heavy (non-hydrogen) atoms. The molecule has 0 radical (unpaired) electrons. The molecular formula is C20H18ClN3O3. The first kappa shape index (κ1) is 18.7. The predicted octanol–water partition coefficient (Wildman–Crippen LogP) is 2.94. The first-order valence-electron chi connectivity index (χ1n) is 8.29. The van der Waals surface area contributed by atoms with E-state index in [0.29, 0.717) is 22.6 Å². The van der Waals surface area contributed by atoms with E-state index in [4.69, 9.17) is 16.3 Å². The van der Waals surface area contributed by atoms with Crippen molar-refractivity contribution in [3.8, 4) is 5.75 Å². The molecule has 3 aromatic rings. The van der Waals surface area contributed by atoms with E-state index in [1.165, 1.54) is 0 Å². The molecule has 0 atom stereocenters. The van der Waals surface area contributed by atoms with E-state index in [0.717, 1.165) is 16.7 Å². The first-order chi connectivity index (χ1) is 13.1. The lowest BCUT2D eigenvalue weighted by Gasteiger charge is -2.09. The molecule has 2 N–H and O–H groups in total. The van der Waals surface area contributed by atoms with Crippen LogP contribution in [-0.2, 0) is 11.3 Å². The average Bonchev–Trinajstić information content (AvgIpc) is 2.70. The highest BCUT2D eigenvalue weighted by atomic mass is 35.5. The average molecular weight is 384 g/mol. The van der Waals surface area contributed by atoms with E-state index in [9.17, 15) is 9.59 Å². The summed E-state index contributed by atoms with van der Waals surface area (Å²) in [5.74, 6) is 0.0546. The molecular weight excluding hydrogens is 366 g/mol. The minimum Gasteiger partial charge on any atom is -0.497 e. The van der Waals surface area contributed by atoms with Gasteiger partial charge in [0.05, 0.1) is 24.7 Å². The Hall–Kier alpha value is -3.12. The van der Waals surface area contributed by atoms with E-state index in [2.05, 4.69) is 15.6 Å². The maximum Gasteiger partial charge on any atom is 0.253 e. The number of carbonyl (C=O) groups excluding carboxylic acids is 2. The van der Waals surface area contributed by atoms with E-state index in [1.807, 2.05) is 30.3 Å². The summed E-state index contributed by atoms with van der Waals surface area (Å²) in [6.45, 7) is 0.218. The van der Waals surface area contributed by atoms with Gasteiger partial charge >= 0.3 is 0 Å². The molecule has 0 saturated carbocycles. The SMILES string of the molecule is COc1ccc(CNC(=O)CNC(=O)c2cc(Cl)cc3cccnc23)cc1. The van der Waals surface area contributed by atoms with Gasteiger partial charge in [-0.3, -0.25) is 14.6 Å². The van der Waals surface area contributed by atoms with Crippen LogP contribution in [0.5, 0.6) is 5.75 Å². The maximum atomic E-state index is 12.5. The van der Waals surface area contributed by atoms with Crippen molar-refractivity contribution in [2.75, 3.05) is 13.7 Å². The van der Waals surface area contributed by atoms with E-state index in [-0.39, 0.29) is 12.5 Å². The van der Waals surface area contributed by atoms with Crippen LogP contribution in [0.3, 0.4) is 0 Å². The molecule has 1 heterocycles. The fourth-order valence-corrected chi connectivity index (χ4v) is 2.82. The largest absolute Gasteiger partial charge is 0.497 e. The molecule has 2 amide bonds. The van der Waals surface area contributed by atoms with Crippen molar-refractivity contribution in [2.24, 2.45) is 0 Å². The standard InChI is InChI=1S/C20H18ClN3O3/c1-27-16-6-4-13(5-7-16)11-23-18(25)12-24-20(26)17-10-15(21)9-14-3-2-8-22-19(14)17/h2-10H,11-12H2,1H3,(H,23,25)(H,24,26). The molecule has 1 aromatic heterocycles. The van der Waals surface area contributed by atoms with Gasteiger partial charge in [0.25, 0.3) is 5.91 Å². The number of amides is 2. The minimum atomic E-state index is -0.402. The lowest BCUT2D eigenvalue weighted by molar-refractivity contribution is -0.120. The second kappa shape index (κ2) is 8.51. The maximum absolute atomic E-state index is 12.5. The van der Waals surface area contributed by atoms with Gasteiger partial charge in [0, 0.05) is 23.2 Å². The van der Waals surface area contributed by atoms with Gasteiger partial charge in [-0.15, -0.1) is 0 Å². The number of carbonyl (C=O) groups is 2. The van der Waals surface area contributed by atoms with Crippen LogP contribution < -0.4 is 15.4 Å². The van der Waals surface area contributed by atoms with E-state index >= 15 is 0 Å². The highest BCUT2D eigenvalue weighted by Crippen LogP contribution is 2.22. The molecule has 0 aliphatic heterocycles. The Morgan fingerprint density at radius 1 is 1.11 bits per heavy atom. The van der Waals surface area contributed by atoms with Crippen LogP contribution in [0.15, 0.2) is 54.7 Å². The number of benzene rings is 2. The van der Waals surface area contributed by atoms with Gasteiger partial charge in [-0.25, -0.2) is 0 Å². The van der Waals surface area contributed by atoms with Crippen molar-refractivity contribution in [2.45, 2.75) is 6.54 Å². The highest BCUT2D eigenvalue weighted by Gasteiger charge is 2.13. The van der Waals surface area contributed by atoms with Crippen molar-refractivity contribution in [3.63, 3.8) is 0 Å². The summed E-state index contributed by atoms with van der Waals surface area (Å²) < 4.78 is 5.09. The molecule has 3 rings (SSSR count). The van der Waals surface area contributed by atoms with Crippen LogP contribution in [-0.4, -0.2) is 30.5 Å². The van der Waals surface area contributed by atoms with E-state index in [1.54, 1.807) is 31.5 Å². The quantitative estimate of drug-likeness (QED) is 0.685. The van der Waals surface area contributed by atoms with Crippen molar-refractivity contribution < 1.29 is 14.3 Å². The zero-order valence-electron chi connectivity index (χ0n) is 14.7. The number of fused-ring (bicyclic) bond motifs is 1. The number of rotatable bonds is 6. The highest BCUT2D eigenvalue weighted by molar-refractivity contribution is 6.32. The Morgan fingerprint density at radius 2 is 1.89 bits per heavy atom. The van der Waals surface area contributed by atoms with Crippen LogP contribution >= 0.6 is 11.6 Å². The fourth-order valence-electron chi connectivity index (χ4n) is 2.59. The summed E-state index contributed by atoms with van der Waals surface area (Å²) in [6, 6.07) is 14.2. The summed E-state index contributed by atoms with van der Waals surface area (Å²) in [6.07, 6.45) is 1.61. The van der Waals surface area contributed by atoms with Crippen LogP contribution in [0.25, 0.3) is 10.9 Å². The minimum absolute atomic E-state index is 0.143. The summed E-state index contributed by atoms with van der Waals surface area (Å²) in [5, 5.41) is 6.56. The normalized spacial score (nSPS) is 10.4. The number of nitrogens with zero attached hydrogens (tertiary/aromatic N) is 1. The zero-order valence-corrected chi connectivity index (χ0v) is 15.4. The number of aromatic nitrogens is 1. The van der Waals surface area contributed by atoms with Crippen LogP contribution in [0.4, 0.5) is 0 Å². The fraction of sp³-hybridized carbons (Fsp3) is 0.150. The first-order valence-corrected chi connectivity index (χ1v) is 8.66. The molecule has 0 aliphatic carbocycles. The monoisotopic (exact) mass is 383 g/mol. The third kappa shape index (κ3) is 4.74. The number of pyridine rings is 1. The number of halogens is 1. The molecule has 0 fully saturated rings. The molecule has 0 unspecified atom stereocenters. The van der Waals surface area contributed by atoms with Crippen molar-refractivity contribution in [1.82, 2.24) is 15.6 Å². The lowest BCUT2D eigenvalue weighted by atomic mass is 10.1. The van der Waals surface area contributed by atoms with Crippen molar-refractivity contribution in [1.29, 1.82) is 0 Å². The second-order valence-electron chi connectivity index (χ2n) is 5.84. The second-order valence-corrected chi connectivity index (χ2v) is 6.27. The van der Waals surface area contributed by atoms with Gasteiger partial charge in [0.1, 0.15) is 5.75 Å². The molecule has 2 aromatic carbocycles. The Labute approximate surface area is 161 Å². The summed E-state index contributed by atoms with van der Waals surface area (Å²) >= 11 is 6.07. The van der Waals surface area contributed by atoms with Crippen molar-refractivity contribution in [3.05, 3.63) is 70.9 Å². The third-order valence-corrected chi connectivity index (χ3v) is 4.19. The van der Waals surface area contributed by atoms with Gasteiger partial charge in [-0.1, -0.05) is 29.8 Å². The van der Waals surface area contributed by atoms with Crippen molar-refractivity contribution >= 4 is 34.3 Å². The number of nitrogens with one attached hydrogen (secondary N) is 2. The Bertz CT molecular complexity index is 974. The Kier molecular flexibility index (Phi) is 5.88. The smallest absolute Gasteiger partial charge is 0.253 e. The third-order valence-electron chi connectivity index (χ3n) is 3.97. The molecule has 138 valence electrons.